The standard InChI is InChI=1S/C16H15BrN2O2/c1-21-15-9-11(6-7-12(15)17)18-16(20)14-8-10-4-2-3-5-13(10)19-14/h2-7,9,14,19H,8H2,1H3,(H,18,20). The Hall–Kier alpha value is -2.01. The average Bonchev–Trinajstić information content (AvgIpc) is 2.93. The Balaban J connectivity index is 1.71. The summed E-state index contributed by atoms with van der Waals surface area (Å²) in [6, 6.07) is 13.2. The van der Waals surface area contributed by atoms with Crippen LogP contribution in [0.3, 0.4) is 0 Å². The molecule has 0 spiro atoms. The van der Waals surface area contributed by atoms with Crippen LogP contribution in [0.15, 0.2) is 46.9 Å². The first-order valence-electron chi connectivity index (χ1n) is 6.66. The van der Waals surface area contributed by atoms with E-state index in [2.05, 4.69) is 26.6 Å². The molecular weight excluding hydrogens is 332 g/mol. The van der Waals surface area contributed by atoms with Gasteiger partial charge in [-0.2, -0.15) is 0 Å². The first-order chi connectivity index (χ1) is 10.2. The number of carbonyl (C=O) groups is 1. The summed E-state index contributed by atoms with van der Waals surface area (Å²) in [6.07, 6.45) is 0.704. The van der Waals surface area contributed by atoms with Gasteiger partial charge in [0.2, 0.25) is 5.91 Å². The van der Waals surface area contributed by atoms with Gasteiger partial charge in [0.1, 0.15) is 11.8 Å². The Kier molecular flexibility index (Phi) is 3.84. The number of hydrogen-bond acceptors (Lipinski definition) is 3. The van der Waals surface area contributed by atoms with Gasteiger partial charge in [0.05, 0.1) is 11.6 Å². The highest BCUT2D eigenvalue weighted by molar-refractivity contribution is 9.10. The van der Waals surface area contributed by atoms with E-state index in [1.165, 1.54) is 5.56 Å². The van der Waals surface area contributed by atoms with E-state index in [1.807, 2.05) is 36.4 Å². The summed E-state index contributed by atoms with van der Waals surface area (Å²) in [5.74, 6) is 0.644. The van der Waals surface area contributed by atoms with Gasteiger partial charge < -0.3 is 15.4 Å². The van der Waals surface area contributed by atoms with Crippen molar-refractivity contribution in [3.63, 3.8) is 0 Å². The van der Waals surface area contributed by atoms with Crippen LogP contribution in [0, 0.1) is 0 Å². The third-order valence-corrected chi connectivity index (χ3v) is 4.16. The SMILES string of the molecule is COc1cc(NC(=O)C2Cc3ccccc3N2)ccc1Br. The topological polar surface area (TPSA) is 50.4 Å². The molecule has 1 heterocycles. The van der Waals surface area contributed by atoms with Crippen LogP contribution in [-0.4, -0.2) is 19.1 Å². The fraction of sp³-hybridized carbons (Fsp3) is 0.188. The molecule has 1 atom stereocenters. The largest absolute Gasteiger partial charge is 0.495 e. The van der Waals surface area contributed by atoms with Crippen molar-refractivity contribution in [2.75, 3.05) is 17.7 Å². The van der Waals surface area contributed by atoms with Crippen molar-refractivity contribution in [1.29, 1.82) is 0 Å². The minimum Gasteiger partial charge on any atom is -0.495 e. The van der Waals surface area contributed by atoms with Crippen molar-refractivity contribution in [2.24, 2.45) is 0 Å². The molecule has 0 aromatic heterocycles. The zero-order valence-corrected chi connectivity index (χ0v) is 13.1. The van der Waals surface area contributed by atoms with Gasteiger partial charge >= 0.3 is 0 Å². The molecule has 3 rings (SSSR count). The number of benzene rings is 2. The Morgan fingerprint density at radius 2 is 2.14 bits per heavy atom. The molecule has 5 heteroatoms. The molecule has 2 N–H and O–H groups in total. The van der Waals surface area contributed by atoms with Crippen molar-refractivity contribution in [3.05, 3.63) is 52.5 Å². The van der Waals surface area contributed by atoms with Gasteiger partial charge in [0.25, 0.3) is 0 Å². The number of ether oxygens (including phenoxy) is 1. The number of amides is 1. The van der Waals surface area contributed by atoms with E-state index < -0.39 is 0 Å². The highest BCUT2D eigenvalue weighted by Crippen LogP contribution is 2.29. The van der Waals surface area contributed by atoms with Crippen LogP contribution in [-0.2, 0) is 11.2 Å². The molecule has 0 aliphatic carbocycles. The molecule has 2 aromatic rings. The molecule has 0 bridgehead atoms. The van der Waals surface area contributed by atoms with E-state index in [9.17, 15) is 4.79 Å². The van der Waals surface area contributed by atoms with Crippen molar-refractivity contribution in [3.8, 4) is 5.75 Å². The first-order valence-corrected chi connectivity index (χ1v) is 7.45. The van der Waals surface area contributed by atoms with Gasteiger partial charge in [-0.25, -0.2) is 0 Å². The van der Waals surface area contributed by atoms with Gasteiger partial charge in [0, 0.05) is 23.9 Å². The summed E-state index contributed by atoms with van der Waals surface area (Å²) in [7, 11) is 1.60. The van der Waals surface area contributed by atoms with Gasteiger partial charge in [-0.15, -0.1) is 0 Å². The lowest BCUT2D eigenvalue weighted by molar-refractivity contribution is -0.116. The number of nitrogens with one attached hydrogen (secondary N) is 2. The molecular formula is C16H15BrN2O2. The highest BCUT2D eigenvalue weighted by Gasteiger charge is 2.26. The summed E-state index contributed by atoms with van der Waals surface area (Å²) < 4.78 is 6.09. The van der Waals surface area contributed by atoms with Crippen LogP contribution in [0.1, 0.15) is 5.56 Å². The van der Waals surface area contributed by atoms with E-state index in [0.717, 1.165) is 15.8 Å². The molecule has 21 heavy (non-hydrogen) atoms. The van der Waals surface area contributed by atoms with E-state index in [-0.39, 0.29) is 11.9 Å². The van der Waals surface area contributed by atoms with Crippen molar-refractivity contribution in [2.45, 2.75) is 12.5 Å². The number of rotatable bonds is 3. The van der Waals surface area contributed by atoms with Crippen LogP contribution >= 0.6 is 15.9 Å². The van der Waals surface area contributed by atoms with Gasteiger partial charge in [0.15, 0.2) is 0 Å². The molecule has 2 aromatic carbocycles. The fourth-order valence-electron chi connectivity index (χ4n) is 2.42. The van der Waals surface area contributed by atoms with Crippen molar-refractivity contribution < 1.29 is 9.53 Å². The number of carbonyl (C=O) groups excluding carboxylic acids is 1. The molecule has 1 unspecified atom stereocenters. The minimum absolute atomic E-state index is 0.0458. The summed E-state index contributed by atoms with van der Waals surface area (Å²) >= 11 is 3.39. The minimum atomic E-state index is -0.239. The Labute approximate surface area is 131 Å². The number of anilines is 2. The summed E-state index contributed by atoms with van der Waals surface area (Å²) in [5.41, 5.74) is 2.93. The summed E-state index contributed by atoms with van der Waals surface area (Å²) in [5, 5.41) is 6.16. The molecule has 4 nitrogen and oxygen atoms in total. The number of methoxy groups -OCH3 is 1. The van der Waals surface area contributed by atoms with Crippen LogP contribution in [0.25, 0.3) is 0 Å². The van der Waals surface area contributed by atoms with Crippen LogP contribution in [0.4, 0.5) is 11.4 Å². The molecule has 1 amide bonds. The summed E-state index contributed by atoms with van der Waals surface area (Å²) in [6.45, 7) is 0. The average molecular weight is 347 g/mol. The number of para-hydroxylation sites is 1. The molecule has 0 saturated heterocycles. The van der Waals surface area contributed by atoms with E-state index in [0.29, 0.717) is 12.2 Å². The number of halogens is 1. The molecule has 0 saturated carbocycles. The normalized spacial score (nSPS) is 16.0. The third-order valence-electron chi connectivity index (χ3n) is 3.51. The van der Waals surface area contributed by atoms with E-state index in [1.54, 1.807) is 13.2 Å². The lowest BCUT2D eigenvalue weighted by Gasteiger charge is -2.13. The second-order valence-electron chi connectivity index (χ2n) is 4.90. The van der Waals surface area contributed by atoms with Crippen LogP contribution in [0.5, 0.6) is 5.75 Å². The zero-order valence-electron chi connectivity index (χ0n) is 11.5. The Morgan fingerprint density at radius 1 is 1.33 bits per heavy atom. The second-order valence-corrected chi connectivity index (χ2v) is 5.75. The number of fused-ring (bicyclic) bond motifs is 1. The maximum atomic E-state index is 12.3. The van der Waals surface area contributed by atoms with Crippen molar-refractivity contribution in [1.82, 2.24) is 0 Å². The summed E-state index contributed by atoms with van der Waals surface area (Å²) in [4.78, 5) is 12.3. The Bertz CT molecular complexity index is 663. The van der Waals surface area contributed by atoms with E-state index >= 15 is 0 Å². The smallest absolute Gasteiger partial charge is 0.247 e. The monoisotopic (exact) mass is 346 g/mol. The van der Waals surface area contributed by atoms with E-state index in [4.69, 9.17) is 4.74 Å². The highest BCUT2D eigenvalue weighted by atomic mass is 79.9. The predicted molar refractivity (Wildman–Crippen MR) is 86.9 cm³/mol. The quantitative estimate of drug-likeness (QED) is 0.894. The number of hydrogen-bond donors (Lipinski definition) is 2. The lowest BCUT2D eigenvalue weighted by Crippen LogP contribution is -2.32. The molecule has 0 radical (unpaired) electrons. The van der Waals surface area contributed by atoms with Gasteiger partial charge in [-0.3, -0.25) is 4.79 Å². The van der Waals surface area contributed by atoms with Crippen molar-refractivity contribution >= 4 is 33.2 Å². The third kappa shape index (κ3) is 2.88. The van der Waals surface area contributed by atoms with Gasteiger partial charge in [-0.1, -0.05) is 18.2 Å². The molecule has 1 aliphatic heterocycles. The van der Waals surface area contributed by atoms with Crippen LogP contribution < -0.4 is 15.4 Å². The second kappa shape index (κ2) is 5.77. The van der Waals surface area contributed by atoms with Crippen LogP contribution in [0.2, 0.25) is 0 Å². The Morgan fingerprint density at radius 3 is 2.90 bits per heavy atom. The first kappa shape index (κ1) is 13.9. The maximum Gasteiger partial charge on any atom is 0.247 e. The van der Waals surface area contributed by atoms with Gasteiger partial charge in [-0.05, 0) is 39.7 Å². The fourth-order valence-corrected chi connectivity index (χ4v) is 2.83. The lowest BCUT2D eigenvalue weighted by atomic mass is 10.1. The molecule has 0 fully saturated rings. The maximum absolute atomic E-state index is 12.3. The zero-order chi connectivity index (χ0) is 14.8. The predicted octanol–water partition coefficient (Wildman–Crippen LogP) is 3.43. The molecule has 108 valence electrons. The molecule has 1 aliphatic rings.